The van der Waals surface area contributed by atoms with Crippen molar-refractivity contribution in [2.24, 2.45) is 0 Å². The van der Waals surface area contributed by atoms with Gasteiger partial charge >= 0.3 is 0 Å². The minimum atomic E-state index is 0.669. The Balaban J connectivity index is 1.77. The van der Waals surface area contributed by atoms with E-state index in [1.54, 1.807) is 0 Å². The second kappa shape index (κ2) is 5.85. The molecular formula is C16H24N2. The van der Waals surface area contributed by atoms with Crippen LogP contribution in [-0.2, 0) is 0 Å². The molecule has 1 atom stereocenters. The summed E-state index contributed by atoms with van der Waals surface area (Å²) in [6.07, 6.45) is 6.76. The summed E-state index contributed by atoms with van der Waals surface area (Å²) in [5.41, 5.74) is 1.52. The first-order valence-corrected chi connectivity index (χ1v) is 7.46. The molecule has 0 aromatic heterocycles. The van der Waals surface area contributed by atoms with E-state index in [1.165, 1.54) is 57.3 Å². The van der Waals surface area contributed by atoms with Gasteiger partial charge in [-0.3, -0.25) is 4.90 Å². The highest BCUT2D eigenvalue weighted by atomic mass is 15.2. The summed E-state index contributed by atoms with van der Waals surface area (Å²) in [6, 6.07) is 12.6. The first-order valence-electron chi connectivity index (χ1n) is 7.46. The van der Waals surface area contributed by atoms with E-state index in [9.17, 15) is 0 Å². The molecule has 1 unspecified atom stereocenters. The van der Waals surface area contributed by atoms with Crippen molar-refractivity contribution in [1.29, 1.82) is 0 Å². The van der Waals surface area contributed by atoms with Crippen molar-refractivity contribution in [3.8, 4) is 0 Å². The Kier molecular flexibility index (Phi) is 3.96. The van der Waals surface area contributed by atoms with Crippen LogP contribution in [0.2, 0.25) is 0 Å². The molecule has 0 aliphatic carbocycles. The first kappa shape index (κ1) is 12.2. The molecule has 2 nitrogen and oxygen atoms in total. The summed E-state index contributed by atoms with van der Waals surface area (Å²) in [5, 5.41) is 3.48. The maximum atomic E-state index is 3.48. The van der Waals surface area contributed by atoms with E-state index >= 15 is 0 Å². The molecule has 1 aromatic rings. The Morgan fingerprint density at radius 2 is 1.72 bits per heavy atom. The van der Waals surface area contributed by atoms with Crippen LogP contribution in [0.25, 0.3) is 0 Å². The monoisotopic (exact) mass is 244 g/mol. The van der Waals surface area contributed by atoms with Crippen LogP contribution >= 0.6 is 0 Å². The average Bonchev–Trinajstić information content (AvgIpc) is 2.49. The van der Waals surface area contributed by atoms with Gasteiger partial charge in [0.1, 0.15) is 0 Å². The average molecular weight is 244 g/mol. The summed E-state index contributed by atoms with van der Waals surface area (Å²) in [4.78, 5) is 2.79. The maximum Gasteiger partial charge on any atom is 0.0351 e. The number of hydrogen-bond acceptors (Lipinski definition) is 2. The van der Waals surface area contributed by atoms with Gasteiger partial charge in [0.25, 0.3) is 0 Å². The van der Waals surface area contributed by atoms with Crippen LogP contribution in [0.4, 0.5) is 0 Å². The molecule has 1 N–H and O–H groups in total. The molecule has 2 aliphatic heterocycles. The minimum absolute atomic E-state index is 0.669. The molecular weight excluding hydrogens is 220 g/mol. The second-order valence-electron chi connectivity index (χ2n) is 5.64. The molecule has 0 spiro atoms. The van der Waals surface area contributed by atoms with Gasteiger partial charge in [0.15, 0.2) is 0 Å². The Morgan fingerprint density at radius 1 is 0.944 bits per heavy atom. The number of piperidine rings is 2. The predicted molar refractivity (Wildman–Crippen MR) is 75.6 cm³/mol. The van der Waals surface area contributed by atoms with Gasteiger partial charge in [-0.25, -0.2) is 0 Å². The smallest absolute Gasteiger partial charge is 0.0351 e. The lowest BCUT2D eigenvalue weighted by atomic mass is 9.91. The highest BCUT2D eigenvalue weighted by Crippen LogP contribution is 2.34. The van der Waals surface area contributed by atoms with E-state index in [0.29, 0.717) is 6.04 Å². The molecule has 0 amide bonds. The summed E-state index contributed by atoms with van der Waals surface area (Å²) in [6.45, 7) is 3.69. The molecule has 0 bridgehead atoms. The zero-order valence-electron chi connectivity index (χ0n) is 11.1. The van der Waals surface area contributed by atoms with Crippen LogP contribution in [-0.4, -0.2) is 30.6 Å². The van der Waals surface area contributed by atoms with Gasteiger partial charge in [0, 0.05) is 12.1 Å². The summed E-state index contributed by atoms with van der Waals surface area (Å²) in [7, 11) is 0. The fourth-order valence-corrected chi connectivity index (χ4v) is 3.56. The van der Waals surface area contributed by atoms with Crippen LogP contribution in [0.5, 0.6) is 0 Å². The summed E-state index contributed by atoms with van der Waals surface area (Å²) >= 11 is 0. The lowest BCUT2D eigenvalue weighted by Crippen LogP contribution is -2.46. The molecule has 2 fully saturated rings. The minimum Gasteiger partial charge on any atom is -0.317 e. The number of rotatable bonds is 2. The number of benzene rings is 1. The van der Waals surface area contributed by atoms with E-state index < -0.39 is 0 Å². The van der Waals surface area contributed by atoms with E-state index in [0.717, 1.165) is 6.04 Å². The predicted octanol–water partition coefficient (Wildman–Crippen LogP) is 2.97. The molecule has 18 heavy (non-hydrogen) atoms. The van der Waals surface area contributed by atoms with Crippen LogP contribution in [0.3, 0.4) is 0 Å². The molecule has 98 valence electrons. The van der Waals surface area contributed by atoms with E-state index in [2.05, 4.69) is 40.5 Å². The van der Waals surface area contributed by atoms with Gasteiger partial charge in [-0.15, -0.1) is 0 Å². The molecule has 2 aliphatic rings. The maximum absolute atomic E-state index is 3.48. The lowest BCUT2D eigenvalue weighted by molar-refractivity contribution is 0.0760. The molecule has 3 rings (SSSR count). The van der Waals surface area contributed by atoms with Crippen molar-refractivity contribution >= 4 is 0 Å². The van der Waals surface area contributed by atoms with Crippen LogP contribution in [0, 0.1) is 0 Å². The SMILES string of the molecule is c1ccc(C2CCCCN2C2CCNCC2)cc1. The third kappa shape index (κ3) is 2.60. The van der Waals surface area contributed by atoms with Crippen molar-refractivity contribution in [2.45, 2.75) is 44.2 Å². The van der Waals surface area contributed by atoms with Gasteiger partial charge in [-0.05, 0) is 50.9 Å². The van der Waals surface area contributed by atoms with E-state index in [4.69, 9.17) is 0 Å². The largest absolute Gasteiger partial charge is 0.317 e. The Hall–Kier alpha value is -0.860. The Labute approximate surface area is 110 Å². The number of nitrogens with zero attached hydrogens (tertiary/aromatic N) is 1. The first-order chi connectivity index (χ1) is 8.95. The summed E-state index contributed by atoms with van der Waals surface area (Å²) < 4.78 is 0. The lowest BCUT2D eigenvalue weighted by Gasteiger charge is -2.43. The van der Waals surface area contributed by atoms with Crippen molar-refractivity contribution in [1.82, 2.24) is 10.2 Å². The van der Waals surface area contributed by atoms with E-state index in [-0.39, 0.29) is 0 Å². The van der Waals surface area contributed by atoms with Crippen molar-refractivity contribution < 1.29 is 0 Å². The molecule has 0 saturated carbocycles. The molecule has 0 radical (unpaired) electrons. The Morgan fingerprint density at radius 3 is 2.50 bits per heavy atom. The van der Waals surface area contributed by atoms with Gasteiger partial charge in [0.05, 0.1) is 0 Å². The third-order valence-corrected chi connectivity index (χ3v) is 4.51. The quantitative estimate of drug-likeness (QED) is 0.860. The molecule has 1 aromatic carbocycles. The molecule has 2 saturated heterocycles. The second-order valence-corrected chi connectivity index (χ2v) is 5.64. The zero-order chi connectivity index (χ0) is 12.2. The molecule has 2 heterocycles. The van der Waals surface area contributed by atoms with Crippen LogP contribution in [0.15, 0.2) is 30.3 Å². The number of hydrogen-bond donors (Lipinski definition) is 1. The Bertz CT molecular complexity index is 357. The van der Waals surface area contributed by atoms with Gasteiger partial charge in [-0.1, -0.05) is 36.8 Å². The summed E-state index contributed by atoms with van der Waals surface area (Å²) in [5.74, 6) is 0. The van der Waals surface area contributed by atoms with Gasteiger partial charge in [0.2, 0.25) is 0 Å². The van der Waals surface area contributed by atoms with Crippen LogP contribution < -0.4 is 5.32 Å². The van der Waals surface area contributed by atoms with Crippen molar-refractivity contribution in [2.75, 3.05) is 19.6 Å². The van der Waals surface area contributed by atoms with Gasteiger partial charge < -0.3 is 5.32 Å². The number of nitrogens with one attached hydrogen (secondary N) is 1. The van der Waals surface area contributed by atoms with Gasteiger partial charge in [-0.2, -0.15) is 0 Å². The van der Waals surface area contributed by atoms with E-state index in [1.807, 2.05) is 0 Å². The standard InChI is InChI=1S/C16H24N2/c1-2-6-14(7-3-1)16-8-4-5-13-18(16)15-9-11-17-12-10-15/h1-3,6-7,15-17H,4-5,8-13H2. The third-order valence-electron chi connectivity index (χ3n) is 4.51. The van der Waals surface area contributed by atoms with Crippen molar-refractivity contribution in [3.63, 3.8) is 0 Å². The highest BCUT2D eigenvalue weighted by Gasteiger charge is 2.30. The normalized spacial score (nSPS) is 27.2. The molecule has 2 heteroatoms. The fraction of sp³-hybridized carbons (Fsp3) is 0.625. The fourth-order valence-electron chi connectivity index (χ4n) is 3.56. The zero-order valence-corrected chi connectivity index (χ0v) is 11.1. The number of likely N-dealkylation sites (tertiary alicyclic amines) is 1. The van der Waals surface area contributed by atoms with Crippen molar-refractivity contribution in [3.05, 3.63) is 35.9 Å². The van der Waals surface area contributed by atoms with Crippen LogP contribution in [0.1, 0.15) is 43.7 Å². The highest BCUT2D eigenvalue weighted by molar-refractivity contribution is 5.19. The topological polar surface area (TPSA) is 15.3 Å².